The van der Waals surface area contributed by atoms with E-state index in [2.05, 4.69) is 6.07 Å². The molecule has 0 aliphatic heterocycles. The van der Waals surface area contributed by atoms with Gasteiger partial charge >= 0.3 is 12.1 Å². The summed E-state index contributed by atoms with van der Waals surface area (Å²) in [6, 6.07) is 8.98. The number of hydrogen-bond acceptors (Lipinski definition) is 5. The van der Waals surface area contributed by atoms with E-state index in [-0.39, 0.29) is 12.3 Å². The molecular formula is C20H22N2O4. The van der Waals surface area contributed by atoms with Crippen LogP contribution >= 0.6 is 0 Å². The van der Waals surface area contributed by atoms with Crippen LogP contribution in [-0.2, 0) is 9.47 Å². The van der Waals surface area contributed by atoms with Crippen molar-refractivity contribution < 1.29 is 19.1 Å². The average Bonchev–Trinajstić information content (AvgIpc) is 2.91. The second-order valence-electron chi connectivity index (χ2n) is 6.78. The monoisotopic (exact) mass is 354 g/mol. The van der Waals surface area contributed by atoms with Crippen LogP contribution in [0, 0.1) is 18.3 Å². The van der Waals surface area contributed by atoms with Crippen molar-refractivity contribution in [3.8, 4) is 17.2 Å². The van der Waals surface area contributed by atoms with E-state index in [4.69, 9.17) is 14.7 Å². The summed E-state index contributed by atoms with van der Waals surface area (Å²) in [6.45, 7) is 8.92. The zero-order chi connectivity index (χ0) is 19.5. The molecule has 6 nitrogen and oxygen atoms in total. The van der Waals surface area contributed by atoms with Gasteiger partial charge in [0.25, 0.3) is 0 Å². The molecule has 0 fully saturated rings. The highest BCUT2D eigenvalue weighted by Crippen LogP contribution is 2.29. The molecule has 0 saturated carbocycles. The SMILES string of the molecule is CCOC(=O)c1c(C)c(-c2ccc(C#N)cc2)cn1C(=O)OC(C)(C)C. The van der Waals surface area contributed by atoms with Crippen molar-refractivity contribution >= 4 is 12.1 Å². The third kappa shape index (κ3) is 4.12. The predicted molar refractivity (Wildman–Crippen MR) is 96.9 cm³/mol. The first-order valence-corrected chi connectivity index (χ1v) is 8.31. The van der Waals surface area contributed by atoms with E-state index >= 15 is 0 Å². The molecule has 1 heterocycles. The van der Waals surface area contributed by atoms with Crippen LogP contribution in [0.3, 0.4) is 0 Å². The van der Waals surface area contributed by atoms with Crippen molar-refractivity contribution in [3.05, 3.63) is 47.3 Å². The van der Waals surface area contributed by atoms with E-state index in [1.165, 1.54) is 4.57 Å². The standard InChI is InChI=1S/C20H22N2O4/c1-6-25-18(23)17-13(2)16(15-9-7-14(11-21)8-10-15)12-22(17)19(24)26-20(3,4)5/h7-10,12H,6H2,1-5H3. The van der Waals surface area contributed by atoms with Crippen molar-refractivity contribution in [2.24, 2.45) is 0 Å². The Morgan fingerprint density at radius 2 is 1.81 bits per heavy atom. The number of nitrogens with zero attached hydrogens (tertiary/aromatic N) is 2. The van der Waals surface area contributed by atoms with E-state index in [0.717, 1.165) is 5.56 Å². The summed E-state index contributed by atoms with van der Waals surface area (Å²) in [5.74, 6) is -0.587. The summed E-state index contributed by atoms with van der Waals surface area (Å²) in [5, 5.41) is 8.94. The Labute approximate surface area is 152 Å². The first-order valence-electron chi connectivity index (χ1n) is 8.31. The molecule has 0 amide bonds. The van der Waals surface area contributed by atoms with Gasteiger partial charge in [-0.3, -0.25) is 0 Å². The molecule has 6 heteroatoms. The fourth-order valence-corrected chi connectivity index (χ4v) is 2.52. The lowest BCUT2D eigenvalue weighted by molar-refractivity contribution is 0.0448. The van der Waals surface area contributed by atoms with Crippen LogP contribution in [0.4, 0.5) is 4.79 Å². The third-order valence-electron chi connectivity index (χ3n) is 3.64. The Bertz CT molecular complexity index is 865. The smallest absolute Gasteiger partial charge is 0.419 e. The van der Waals surface area contributed by atoms with E-state index in [9.17, 15) is 9.59 Å². The number of benzene rings is 1. The number of carbonyl (C=O) groups is 2. The maximum Gasteiger partial charge on any atom is 0.419 e. The van der Waals surface area contributed by atoms with Gasteiger partial charge in [-0.05, 0) is 57.9 Å². The minimum absolute atomic E-state index is 0.139. The zero-order valence-electron chi connectivity index (χ0n) is 15.6. The van der Waals surface area contributed by atoms with Crippen LogP contribution in [0.2, 0.25) is 0 Å². The van der Waals surface area contributed by atoms with E-state index < -0.39 is 17.7 Å². The van der Waals surface area contributed by atoms with Gasteiger partial charge < -0.3 is 9.47 Å². The van der Waals surface area contributed by atoms with Gasteiger partial charge in [0.05, 0.1) is 18.2 Å². The summed E-state index contributed by atoms with van der Waals surface area (Å²) in [6.07, 6.45) is 0.917. The van der Waals surface area contributed by atoms with Gasteiger partial charge in [0.1, 0.15) is 11.3 Å². The minimum Gasteiger partial charge on any atom is -0.461 e. The van der Waals surface area contributed by atoms with Crippen LogP contribution in [0.1, 0.15) is 49.3 Å². The fourth-order valence-electron chi connectivity index (χ4n) is 2.52. The average molecular weight is 354 g/mol. The minimum atomic E-state index is -0.699. The van der Waals surface area contributed by atoms with Gasteiger partial charge in [0, 0.05) is 11.8 Å². The Kier molecular flexibility index (Phi) is 5.51. The fraction of sp³-hybridized carbons (Fsp3) is 0.350. The lowest BCUT2D eigenvalue weighted by atomic mass is 10.0. The maximum atomic E-state index is 12.6. The second-order valence-corrected chi connectivity index (χ2v) is 6.78. The first kappa shape index (κ1) is 19.3. The largest absolute Gasteiger partial charge is 0.461 e. The number of nitriles is 1. The van der Waals surface area contributed by atoms with Gasteiger partial charge in [-0.15, -0.1) is 0 Å². The Hall–Kier alpha value is -3.07. The van der Waals surface area contributed by atoms with Crippen LogP contribution < -0.4 is 0 Å². The number of aromatic nitrogens is 1. The zero-order valence-corrected chi connectivity index (χ0v) is 15.6. The van der Waals surface area contributed by atoms with Gasteiger partial charge in [-0.25, -0.2) is 14.2 Å². The first-order chi connectivity index (χ1) is 12.2. The molecule has 0 bridgehead atoms. The predicted octanol–water partition coefficient (Wildman–Crippen LogP) is 4.30. The Morgan fingerprint density at radius 3 is 2.31 bits per heavy atom. The third-order valence-corrected chi connectivity index (χ3v) is 3.64. The summed E-state index contributed by atoms with van der Waals surface area (Å²) in [7, 11) is 0. The molecule has 2 aromatic rings. The maximum absolute atomic E-state index is 12.6. The molecule has 136 valence electrons. The molecule has 0 radical (unpaired) electrons. The number of ether oxygens (including phenoxy) is 2. The van der Waals surface area contributed by atoms with Crippen LogP contribution in [0.15, 0.2) is 30.5 Å². The molecule has 1 aromatic carbocycles. The second kappa shape index (κ2) is 7.44. The number of hydrogen-bond donors (Lipinski definition) is 0. The number of rotatable bonds is 3. The molecule has 0 spiro atoms. The van der Waals surface area contributed by atoms with Crippen molar-refractivity contribution in [1.29, 1.82) is 5.26 Å². The van der Waals surface area contributed by atoms with Crippen molar-refractivity contribution in [2.45, 2.75) is 40.2 Å². The highest BCUT2D eigenvalue weighted by atomic mass is 16.6. The molecule has 0 saturated heterocycles. The van der Waals surface area contributed by atoms with E-state index in [1.54, 1.807) is 65.1 Å². The lowest BCUT2D eigenvalue weighted by Crippen LogP contribution is -2.29. The van der Waals surface area contributed by atoms with Crippen molar-refractivity contribution in [2.75, 3.05) is 6.61 Å². The lowest BCUT2D eigenvalue weighted by Gasteiger charge is -2.20. The van der Waals surface area contributed by atoms with Gasteiger partial charge in [0.15, 0.2) is 0 Å². The topological polar surface area (TPSA) is 81.3 Å². The van der Waals surface area contributed by atoms with Crippen LogP contribution in [0.5, 0.6) is 0 Å². The normalized spacial score (nSPS) is 10.9. The molecule has 1 aromatic heterocycles. The number of carbonyl (C=O) groups excluding carboxylic acids is 2. The molecule has 2 rings (SSSR count). The highest BCUT2D eigenvalue weighted by molar-refractivity contribution is 5.96. The Morgan fingerprint density at radius 1 is 1.19 bits per heavy atom. The summed E-state index contributed by atoms with van der Waals surface area (Å²) < 4.78 is 11.7. The molecule has 0 aliphatic rings. The molecule has 26 heavy (non-hydrogen) atoms. The van der Waals surface area contributed by atoms with Gasteiger partial charge in [-0.1, -0.05) is 12.1 Å². The summed E-state index contributed by atoms with van der Waals surface area (Å²) in [5.41, 5.74) is 2.07. The van der Waals surface area contributed by atoms with E-state index in [1.807, 2.05) is 0 Å². The van der Waals surface area contributed by atoms with Crippen molar-refractivity contribution in [3.63, 3.8) is 0 Å². The van der Waals surface area contributed by atoms with Gasteiger partial charge in [-0.2, -0.15) is 5.26 Å². The summed E-state index contributed by atoms with van der Waals surface area (Å²) >= 11 is 0. The molecular weight excluding hydrogens is 332 g/mol. The Balaban J connectivity index is 2.57. The highest BCUT2D eigenvalue weighted by Gasteiger charge is 2.27. The number of esters is 1. The van der Waals surface area contributed by atoms with Crippen molar-refractivity contribution in [1.82, 2.24) is 4.57 Å². The van der Waals surface area contributed by atoms with E-state index in [0.29, 0.717) is 16.7 Å². The summed E-state index contributed by atoms with van der Waals surface area (Å²) in [4.78, 5) is 25.0. The van der Waals surface area contributed by atoms with Gasteiger partial charge in [0.2, 0.25) is 0 Å². The quantitative estimate of drug-likeness (QED) is 0.768. The molecule has 0 aliphatic carbocycles. The van der Waals surface area contributed by atoms with Crippen LogP contribution in [0.25, 0.3) is 11.1 Å². The molecule has 0 atom stereocenters. The molecule has 0 N–H and O–H groups in total. The molecule has 0 unspecified atom stereocenters. The van der Waals surface area contributed by atoms with Crippen LogP contribution in [-0.4, -0.2) is 28.8 Å².